The molecule has 4 aliphatic carbocycles. The van der Waals surface area contributed by atoms with Crippen molar-refractivity contribution in [2.24, 2.45) is 23.2 Å². The van der Waals surface area contributed by atoms with Crippen molar-refractivity contribution < 1.29 is 9.59 Å². The van der Waals surface area contributed by atoms with Crippen molar-refractivity contribution in [1.29, 1.82) is 0 Å². The quantitative estimate of drug-likeness (QED) is 0.883. The maximum Gasteiger partial charge on any atom is 0.244 e. The van der Waals surface area contributed by atoms with Gasteiger partial charge in [-0.2, -0.15) is 0 Å². The fourth-order valence-electron chi connectivity index (χ4n) is 5.82. The Kier molecular flexibility index (Phi) is 4.27. The highest BCUT2D eigenvalue weighted by molar-refractivity contribution is 6.33. The molecule has 0 aromatic heterocycles. The maximum absolute atomic E-state index is 13.2. The van der Waals surface area contributed by atoms with Crippen LogP contribution in [0, 0.1) is 23.2 Å². The van der Waals surface area contributed by atoms with E-state index >= 15 is 0 Å². The summed E-state index contributed by atoms with van der Waals surface area (Å²) in [7, 11) is 1.76. The molecule has 134 valence electrons. The van der Waals surface area contributed by atoms with Crippen LogP contribution in [0.2, 0.25) is 5.02 Å². The molecule has 0 unspecified atom stereocenters. The third-order valence-corrected chi connectivity index (χ3v) is 6.70. The molecule has 5 heteroatoms. The number of rotatable bonds is 4. The van der Waals surface area contributed by atoms with Crippen LogP contribution in [0.3, 0.4) is 0 Å². The van der Waals surface area contributed by atoms with E-state index in [1.807, 2.05) is 12.1 Å². The zero-order valence-corrected chi connectivity index (χ0v) is 15.4. The summed E-state index contributed by atoms with van der Waals surface area (Å²) in [6.45, 7) is 0.0752. The molecular weight excluding hydrogens is 336 g/mol. The normalized spacial score (nSPS) is 32.5. The van der Waals surface area contributed by atoms with E-state index in [2.05, 4.69) is 5.32 Å². The smallest absolute Gasteiger partial charge is 0.244 e. The first-order chi connectivity index (χ1) is 11.9. The summed E-state index contributed by atoms with van der Waals surface area (Å²) in [5.41, 5.74) is 0.388. The molecule has 0 spiro atoms. The molecule has 4 nitrogen and oxygen atoms in total. The number of nitrogens with one attached hydrogen (secondary N) is 1. The van der Waals surface area contributed by atoms with Crippen molar-refractivity contribution in [2.75, 3.05) is 18.9 Å². The third kappa shape index (κ3) is 3.17. The van der Waals surface area contributed by atoms with E-state index in [-0.39, 0.29) is 23.8 Å². The van der Waals surface area contributed by atoms with Gasteiger partial charge < -0.3 is 10.2 Å². The lowest BCUT2D eigenvalue weighted by atomic mass is 9.49. The van der Waals surface area contributed by atoms with Crippen LogP contribution >= 0.6 is 11.6 Å². The lowest BCUT2D eigenvalue weighted by molar-refractivity contribution is -0.157. The number of amides is 2. The number of hydrogen-bond acceptors (Lipinski definition) is 2. The first kappa shape index (κ1) is 16.9. The van der Waals surface area contributed by atoms with Crippen LogP contribution in [0.5, 0.6) is 0 Å². The Balaban J connectivity index is 1.41. The number of likely N-dealkylation sites (N-methyl/N-ethyl adjacent to an activating group) is 1. The van der Waals surface area contributed by atoms with Crippen molar-refractivity contribution >= 4 is 29.1 Å². The molecular formula is C20H25ClN2O2. The van der Waals surface area contributed by atoms with E-state index in [0.29, 0.717) is 10.7 Å². The molecule has 0 saturated heterocycles. The van der Waals surface area contributed by atoms with E-state index < -0.39 is 0 Å². The summed E-state index contributed by atoms with van der Waals surface area (Å²) in [6, 6.07) is 7.15. The summed E-state index contributed by atoms with van der Waals surface area (Å²) in [4.78, 5) is 27.1. The zero-order valence-electron chi connectivity index (χ0n) is 14.6. The standard InChI is InChI=1S/C20H25ClN2O2/c1-23(12-18(24)22-17-5-3-2-4-16(17)21)19(25)20-9-13-6-14(10-20)8-15(7-13)11-20/h2-5,13-15H,6-12H2,1H3,(H,22,24). The lowest BCUT2D eigenvalue weighted by Gasteiger charge is -2.56. The summed E-state index contributed by atoms with van der Waals surface area (Å²) in [5.74, 6) is 2.14. The van der Waals surface area contributed by atoms with Crippen LogP contribution in [-0.4, -0.2) is 30.3 Å². The molecule has 4 aliphatic rings. The molecule has 1 aromatic carbocycles. The van der Waals surface area contributed by atoms with Gasteiger partial charge in [0, 0.05) is 7.05 Å². The van der Waals surface area contributed by atoms with Crippen molar-refractivity contribution in [3.05, 3.63) is 29.3 Å². The summed E-state index contributed by atoms with van der Waals surface area (Å²) < 4.78 is 0. The number of nitrogens with zero attached hydrogens (tertiary/aromatic N) is 1. The highest BCUT2D eigenvalue weighted by Crippen LogP contribution is 2.60. The zero-order chi connectivity index (χ0) is 17.6. The molecule has 1 aromatic rings. The minimum atomic E-state index is -0.200. The van der Waals surface area contributed by atoms with E-state index in [4.69, 9.17) is 11.6 Å². The minimum Gasteiger partial charge on any atom is -0.336 e. The number of carbonyl (C=O) groups excluding carboxylic acids is 2. The minimum absolute atomic E-state index is 0.0752. The summed E-state index contributed by atoms with van der Waals surface area (Å²) in [6.07, 6.45) is 6.99. The molecule has 4 saturated carbocycles. The lowest BCUT2D eigenvalue weighted by Crippen LogP contribution is -2.54. The third-order valence-electron chi connectivity index (χ3n) is 6.37. The number of para-hydroxylation sites is 1. The Bertz CT molecular complexity index is 667. The Labute approximate surface area is 153 Å². The molecule has 1 N–H and O–H groups in total. The van der Waals surface area contributed by atoms with Crippen LogP contribution in [0.25, 0.3) is 0 Å². The average Bonchev–Trinajstić information content (AvgIpc) is 2.55. The van der Waals surface area contributed by atoms with Gasteiger partial charge in [-0.25, -0.2) is 0 Å². The maximum atomic E-state index is 13.2. The van der Waals surface area contributed by atoms with Gasteiger partial charge in [-0.1, -0.05) is 23.7 Å². The van der Waals surface area contributed by atoms with Crippen molar-refractivity contribution in [1.82, 2.24) is 4.90 Å². The van der Waals surface area contributed by atoms with Gasteiger partial charge in [0.15, 0.2) is 0 Å². The molecule has 25 heavy (non-hydrogen) atoms. The van der Waals surface area contributed by atoms with E-state index in [1.54, 1.807) is 24.1 Å². The van der Waals surface area contributed by atoms with Crippen LogP contribution in [-0.2, 0) is 9.59 Å². The fraction of sp³-hybridized carbons (Fsp3) is 0.600. The highest BCUT2D eigenvalue weighted by atomic mass is 35.5. The number of anilines is 1. The van der Waals surface area contributed by atoms with Gasteiger partial charge in [-0.15, -0.1) is 0 Å². The highest BCUT2D eigenvalue weighted by Gasteiger charge is 2.55. The predicted octanol–water partition coefficient (Wildman–Crippen LogP) is 3.95. The van der Waals surface area contributed by atoms with Gasteiger partial charge >= 0.3 is 0 Å². The van der Waals surface area contributed by atoms with Crippen LogP contribution in [0.15, 0.2) is 24.3 Å². The van der Waals surface area contributed by atoms with Crippen molar-refractivity contribution in [2.45, 2.75) is 38.5 Å². The largest absolute Gasteiger partial charge is 0.336 e. The molecule has 0 heterocycles. The van der Waals surface area contributed by atoms with Gasteiger partial charge in [0.2, 0.25) is 11.8 Å². The fourth-order valence-corrected chi connectivity index (χ4v) is 6.00. The molecule has 4 fully saturated rings. The van der Waals surface area contributed by atoms with E-state index in [9.17, 15) is 9.59 Å². The second-order valence-electron chi connectivity index (χ2n) is 8.39. The molecule has 0 radical (unpaired) electrons. The summed E-state index contributed by atoms with van der Waals surface area (Å²) >= 11 is 6.08. The number of halogens is 1. The summed E-state index contributed by atoms with van der Waals surface area (Å²) in [5, 5.41) is 3.31. The Morgan fingerprint density at radius 1 is 1.12 bits per heavy atom. The van der Waals surface area contributed by atoms with Crippen LogP contribution in [0.1, 0.15) is 38.5 Å². The number of carbonyl (C=O) groups is 2. The van der Waals surface area contributed by atoms with Crippen molar-refractivity contribution in [3.8, 4) is 0 Å². The van der Waals surface area contributed by atoms with Crippen LogP contribution < -0.4 is 5.32 Å². The first-order valence-electron chi connectivity index (χ1n) is 9.25. The van der Waals surface area contributed by atoms with Gasteiger partial charge in [-0.3, -0.25) is 9.59 Å². The molecule has 2 amide bonds. The number of benzene rings is 1. The van der Waals surface area contributed by atoms with Gasteiger partial charge in [0.05, 0.1) is 22.7 Å². The molecule has 4 bridgehead atoms. The molecule has 0 atom stereocenters. The first-order valence-corrected chi connectivity index (χ1v) is 9.63. The van der Waals surface area contributed by atoms with Crippen LogP contribution in [0.4, 0.5) is 5.69 Å². The Morgan fingerprint density at radius 2 is 1.68 bits per heavy atom. The second kappa shape index (κ2) is 6.31. The Morgan fingerprint density at radius 3 is 2.24 bits per heavy atom. The number of hydrogen-bond donors (Lipinski definition) is 1. The van der Waals surface area contributed by atoms with E-state index in [1.165, 1.54) is 19.3 Å². The van der Waals surface area contributed by atoms with Gasteiger partial charge in [0.1, 0.15) is 0 Å². The van der Waals surface area contributed by atoms with Gasteiger partial charge in [0.25, 0.3) is 0 Å². The van der Waals surface area contributed by atoms with Crippen molar-refractivity contribution in [3.63, 3.8) is 0 Å². The monoisotopic (exact) mass is 360 g/mol. The van der Waals surface area contributed by atoms with Gasteiger partial charge in [-0.05, 0) is 68.4 Å². The van der Waals surface area contributed by atoms with E-state index in [0.717, 1.165) is 37.0 Å². The topological polar surface area (TPSA) is 49.4 Å². The second-order valence-corrected chi connectivity index (χ2v) is 8.79. The SMILES string of the molecule is CN(CC(=O)Nc1ccccc1Cl)C(=O)C12CC3CC(CC(C3)C1)C2. The predicted molar refractivity (Wildman–Crippen MR) is 98.3 cm³/mol. The molecule has 5 rings (SSSR count). The average molecular weight is 361 g/mol. The molecule has 0 aliphatic heterocycles. The Hall–Kier alpha value is -1.55.